The summed E-state index contributed by atoms with van der Waals surface area (Å²) in [4.78, 5) is 4.92. The second kappa shape index (κ2) is 9.02. The molecule has 8 rings (SSSR count). The molecule has 3 heteroatoms. The molecule has 0 N–H and O–H groups in total. The van der Waals surface area contributed by atoms with Crippen LogP contribution in [0.25, 0.3) is 43.4 Å². The van der Waals surface area contributed by atoms with Gasteiger partial charge in [-0.05, 0) is 81.0 Å². The molecule has 0 atom stereocenters. The number of rotatable bonds is 2. The first kappa shape index (κ1) is 22.9. The van der Waals surface area contributed by atoms with E-state index in [9.17, 15) is 5.26 Å². The molecule has 0 saturated carbocycles. The highest BCUT2D eigenvalue weighted by atomic mass is 32.2. The molecule has 40 heavy (non-hydrogen) atoms. The summed E-state index contributed by atoms with van der Waals surface area (Å²) in [6, 6.07) is 49.7. The summed E-state index contributed by atoms with van der Waals surface area (Å²) in [6.07, 6.45) is 0. The third kappa shape index (κ3) is 3.44. The van der Waals surface area contributed by atoms with Crippen LogP contribution in [0.2, 0.25) is 0 Å². The lowest BCUT2D eigenvalue weighted by Crippen LogP contribution is -2.16. The number of hydrogen-bond donors (Lipinski definition) is 0. The first-order chi connectivity index (χ1) is 19.8. The van der Waals surface area contributed by atoms with Crippen molar-refractivity contribution in [3.8, 4) is 17.2 Å². The molecule has 1 aliphatic heterocycles. The average Bonchev–Trinajstić information content (AvgIpc) is 3.02. The van der Waals surface area contributed by atoms with Crippen molar-refractivity contribution in [1.29, 1.82) is 5.26 Å². The summed E-state index contributed by atoms with van der Waals surface area (Å²) in [5, 5.41) is 16.8. The van der Waals surface area contributed by atoms with Crippen LogP contribution in [0.15, 0.2) is 143 Å². The Balaban J connectivity index is 1.61. The van der Waals surface area contributed by atoms with Crippen LogP contribution < -0.4 is 4.90 Å². The van der Waals surface area contributed by atoms with Gasteiger partial charge in [0.2, 0.25) is 0 Å². The molecule has 0 amide bonds. The minimum absolute atomic E-state index is 0.659. The van der Waals surface area contributed by atoms with Crippen LogP contribution >= 0.6 is 11.8 Å². The van der Waals surface area contributed by atoms with E-state index in [1.54, 1.807) is 0 Å². The van der Waals surface area contributed by atoms with Gasteiger partial charge in [-0.3, -0.25) is 0 Å². The lowest BCUT2D eigenvalue weighted by Gasteiger charge is -2.35. The summed E-state index contributed by atoms with van der Waals surface area (Å²) in [5.41, 5.74) is 6.42. The maximum absolute atomic E-state index is 9.53. The lowest BCUT2D eigenvalue weighted by atomic mass is 9.88. The SMILES string of the molecule is N#Cc1ccc(-c2c(N3c4ccccc4Sc4ccccc43)c3cc4ccccc4cc3c3ccccc23)cc1. The van der Waals surface area contributed by atoms with Crippen LogP contribution in [0.1, 0.15) is 5.56 Å². The average molecular weight is 527 g/mol. The van der Waals surface area contributed by atoms with Gasteiger partial charge in [0, 0.05) is 20.7 Å². The van der Waals surface area contributed by atoms with Gasteiger partial charge in [-0.25, -0.2) is 0 Å². The maximum atomic E-state index is 9.53. The predicted octanol–water partition coefficient (Wildman–Crippen LogP) is 10.6. The Morgan fingerprint density at radius 1 is 0.525 bits per heavy atom. The predicted molar refractivity (Wildman–Crippen MR) is 168 cm³/mol. The van der Waals surface area contributed by atoms with Crippen LogP contribution in [0, 0.1) is 11.3 Å². The Kier molecular flexibility index (Phi) is 5.16. The molecule has 0 unspecified atom stereocenters. The van der Waals surface area contributed by atoms with Gasteiger partial charge in [0.15, 0.2) is 0 Å². The van der Waals surface area contributed by atoms with Crippen molar-refractivity contribution in [1.82, 2.24) is 0 Å². The first-order valence-electron chi connectivity index (χ1n) is 13.3. The van der Waals surface area contributed by atoms with Gasteiger partial charge in [-0.2, -0.15) is 5.26 Å². The Hall–Kier alpha value is -5.04. The molecule has 0 bridgehead atoms. The van der Waals surface area contributed by atoms with Crippen molar-refractivity contribution in [3.63, 3.8) is 0 Å². The lowest BCUT2D eigenvalue weighted by molar-refractivity contribution is 1.18. The van der Waals surface area contributed by atoms with E-state index in [0.29, 0.717) is 5.56 Å². The first-order valence-corrected chi connectivity index (χ1v) is 14.2. The third-order valence-corrected chi connectivity index (χ3v) is 8.95. The summed E-state index contributed by atoms with van der Waals surface area (Å²) in [5.74, 6) is 0. The van der Waals surface area contributed by atoms with Gasteiger partial charge in [0.1, 0.15) is 0 Å². The van der Waals surface area contributed by atoms with E-state index >= 15 is 0 Å². The van der Waals surface area contributed by atoms with Crippen LogP contribution in [-0.2, 0) is 0 Å². The molecule has 0 saturated heterocycles. The zero-order valence-corrected chi connectivity index (χ0v) is 22.3. The van der Waals surface area contributed by atoms with E-state index in [2.05, 4.69) is 132 Å². The van der Waals surface area contributed by atoms with Crippen molar-refractivity contribution in [2.75, 3.05) is 4.90 Å². The highest BCUT2D eigenvalue weighted by molar-refractivity contribution is 7.99. The molecule has 186 valence electrons. The molecule has 7 aromatic rings. The van der Waals surface area contributed by atoms with Crippen molar-refractivity contribution in [2.45, 2.75) is 9.79 Å². The zero-order chi connectivity index (χ0) is 26.6. The Labute approximate surface area is 236 Å². The minimum atomic E-state index is 0.659. The van der Waals surface area contributed by atoms with Crippen LogP contribution in [0.4, 0.5) is 17.1 Å². The molecule has 0 aliphatic carbocycles. The maximum Gasteiger partial charge on any atom is 0.0991 e. The Morgan fingerprint density at radius 3 is 1.73 bits per heavy atom. The molecule has 1 aliphatic rings. The highest BCUT2D eigenvalue weighted by Crippen LogP contribution is 2.56. The number of hydrogen-bond acceptors (Lipinski definition) is 3. The monoisotopic (exact) mass is 526 g/mol. The summed E-state index contributed by atoms with van der Waals surface area (Å²) < 4.78 is 0. The topological polar surface area (TPSA) is 27.0 Å². The second-order valence-electron chi connectivity index (χ2n) is 10.1. The molecule has 0 spiro atoms. The standard InChI is InChI=1S/C37H22N2S/c38-23-24-17-19-25(20-18-24)36-29-12-4-3-11-28(29)30-21-26-9-1-2-10-27(26)22-31(30)37(36)39-32-13-5-7-15-34(32)40-35-16-8-6-14-33(35)39/h1-22H. The van der Waals surface area contributed by atoms with Gasteiger partial charge in [-0.15, -0.1) is 0 Å². The van der Waals surface area contributed by atoms with Crippen molar-refractivity contribution < 1.29 is 0 Å². The van der Waals surface area contributed by atoms with Crippen molar-refractivity contribution in [2.24, 2.45) is 0 Å². The van der Waals surface area contributed by atoms with Gasteiger partial charge in [0.25, 0.3) is 0 Å². The molecule has 0 fully saturated rings. The van der Waals surface area contributed by atoms with Gasteiger partial charge in [-0.1, -0.05) is 96.7 Å². The normalized spacial score (nSPS) is 12.3. The van der Waals surface area contributed by atoms with Gasteiger partial charge in [0.05, 0.1) is 28.7 Å². The number of para-hydroxylation sites is 2. The van der Waals surface area contributed by atoms with E-state index in [4.69, 9.17) is 0 Å². The summed E-state index contributed by atoms with van der Waals surface area (Å²) in [6.45, 7) is 0. The molecule has 0 aromatic heterocycles. The molecule has 2 nitrogen and oxygen atoms in total. The quantitative estimate of drug-likeness (QED) is 0.166. The molecular weight excluding hydrogens is 504 g/mol. The van der Waals surface area contributed by atoms with Crippen molar-refractivity contribution in [3.05, 3.63) is 139 Å². The minimum Gasteiger partial charge on any atom is -0.307 e. The molecule has 1 heterocycles. The Bertz CT molecular complexity index is 2110. The summed E-state index contributed by atoms with van der Waals surface area (Å²) >= 11 is 1.82. The van der Waals surface area contributed by atoms with Crippen molar-refractivity contribution >= 4 is 61.1 Å². The number of nitrogens with zero attached hydrogens (tertiary/aromatic N) is 2. The van der Waals surface area contributed by atoms with Crippen LogP contribution in [-0.4, -0.2) is 0 Å². The van der Waals surface area contributed by atoms with Gasteiger partial charge < -0.3 is 4.90 Å². The van der Waals surface area contributed by atoms with Crippen LogP contribution in [0.3, 0.4) is 0 Å². The van der Waals surface area contributed by atoms with E-state index in [0.717, 1.165) is 11.3 Å². The number of fused-ring (bicyclic) bond motifs is 6. The van der Waals surface area contributed by atoms with E-state index in [1.165, 1.54) is 59.0 Å². The smallest absolute Gasteiger partial charge is 0.0991 e. The zero-order valence-electron chi connectivity index (χ0n) is 21.5. The largest absolute Gasteiger partial charge is 0.307 e. The summed E-state index contributed by atoms with van der Waals surface area (Å²) in [7, 11) is 0. The number of anilines is 3. The third-order valence-electron chi connectivity index (χ3n) is 7.82. The van der Waals surface area contributed by atoms with E-state index in [1.807, 2.05) is 23.9 Å². The molecular formula is C37H22N2S. The molecule has 0 radical (unpaired) electrons. The van der Waals surface area contributed by atoms with E-state index in [-0.39, 0.29) is 0 Å². The fraction of sp³-hybridized carbons (Fsp3) is 0. The van der Waals surface area contributed by atoms with E-state index < -0.39 is 0 Å². The number of benzene rings is 7. The highest BCUT2D eigenvalue weighted by Gasteiger charge is 2.29. The van der Waals surface area contributed by atoms with Crippen LogP contribution in [0.5, 0.6) is 0 Å². The fourth-order valence-electron chi connectivity index (χ4n) is 6.04. The fourth-order valence-corrected chi connectivity index (χ4v) is 7.10. The molecule has 7 aromatic carbocycles. The Morgan fingerprint density at radius 2 is 1.07 bits per heavy atom. The van der Waals surface area contributed by atoms with Gasteiger partial charge >= 0.3 is 0 Å². The number of nitriles is 1. The second-order valence-corrected chi connectivity index (χ2v) is 11.2.